The summed E-state index contributed by atoms with van der Waals surface area (Å²) in [5.74, 6) is 0.524. The molecule has 0 saturated carbocycles. The molecule has 4 heteroatoms. The molecule has 1 amide bonds. The molecule has 1 N–H and O–H groups in total. The van der Waals surface area contributed by atoms with Crippen molar-refractivity contribution >= 4 is 22.7 Å². The molecule has 0 saturated heterocycles. The van der Waals surface area contributed by atoms with Gasteiger partial charge in [-0.2, -0.15) is 0 Å². The number of aromatic nitrogens is 1. The second-order valence-corrected chi connectivity index (χ2v) is 7.14. The van der Waals surface area contributed by atoms with Gasteiger partial charge in [0.2, 0.25) is 11.8 Å². The van der Waals surface area contributed by atoms with Crippen molar-refractivity contribution in [3.8, 4) is 11.5 Å². The first-order chi connectivity index (χ1) is 13.5. The summed E-state index contributed by atoms with van der Waals surface area (Å²) in [6, 6.07) is 19.6. The van der Waals surface area contributed by atoms with Gasteiger partial charge in [0.15, 0.2) is 5.58 Å². The Morgan fingerprint density at radius 1 is 1.00 bits per heavy atom. The van der Waals surface area contributed by atoms with Crippen LogP contribution >= 0.6 is 0 Å². The minimum absolute atomic E-state index is 0.0458. The summed E-state index contributed by atoms with van der Waals surface area (Å²) in [4.78, 5) is 17.1. The Kier molecular flexibility index (Phi) is 4.70. The number of hydrogen-bond acceptors (Lipinski definition) is 3. The van der Waals surface area contributed by atoms with E-state index >= 15 is 0 Å². The van der Waals surface area contributed by atoms with Gasteiger partial charge in [-0.3, -0.25) is 4.79 Å². The van der Waals surface area contributed by atoms with Gasteiger partial charge in [0.05, 0.1) is 6.42 Å². The van der Waals surface area contributed by atoms with E-state index in [0.29, 0.717) is 12.3 Å². The molecule has 4 nitrogen and oxygen atoms in total. The van der Waals surface area contributed by atoms with E-state index in [1.54, 1.807) is 0 Å². The number of rotatable bonds is 4. The van der Waals surface area contributed by atoms with Gasteiger partial charge >= 0.3 is 0 Å². The number of anilines is 1. The van der Waals surface area contributed by atoms with Crippen LogP contribution in [0.2, 0.25) is 0 Å². The van der Waals surface area contributed by atoms with Crippen molar-refractivity contribution in [1.29, 1.82) is 0 Å². The predicted octanol–water partition coefficient (Wildman–Crippen LogP) is 5.60. The van der Waals surface area contributed by atoms with Crippen molar-refractivity contribution in [2.24, 2.45) is 0 Å². The van der Waals surface area contributed by atoms with E-state index < -0.39 is 0 Å². The average Bonchev–Trinajstić information content (AvgIpc) is 3.08. The van der Waals surface area contributed by atoms with Crippen LogP contribution in [-0.2, 0) is 11.2 Å². The lowest BCUT2D eigenvalue weighted by Gasteiger charge is -2.11. The Morgan fingerprint density at radius 3 is 2.57 bits per heavy atom. The molecule has 0 unspecified atom stereocenters. The summed E-state index contributed by atoms with van der Waals surface area (Å²) in [5.41, 5.74) is 7.45. The molecular weight excluding hydrogens is 348 g/mol. The molecule has 4 rings (SSSR count). The van der Waals surface area contributed by atoms with Crippen molar-refractivity contribution in [1.82, 2.24) is 4.98 Å². The maximum atomic E-state index is 12.5. The summed E-state index contributed by atoms with van der Waals surface area (Å²) < 4.78 is 6.05. The van der Waals surface area contributed by atoms with Crippen LogP contribution in [-0.4, -0.2) is 10.9 Å². The molecule has 1 heterocycles. The molecule has 0 radical (unpaired) electrons. The summed E-state index contributed by atoms with van der Waals surface area (Å²) in [5, 5.41) is 3.01. The molecule has 0 fully saturated rings. The third kappa shape index (κ3) is 3.54. The van der Waals surface area contributed by atoms with Crippen molar-refractivity contribution < 1.29 is 9.21 Å². The van der Waals surface area contributed by atoms with Gasteiger partial charge in [0.25, 0.3) is 0 Å². The number of fused-ring (bicyclic) bond motifs is 1. The van der Waals surface area contributed by atoms with Gasteiger partial charge in [0.1, 0.15) is 5.52 Å². The summed E-state index contributed by atoms with van der Waals surface area (Å²) in [7, 11) is 0. The molecule has 0 aliphatic heterocycles. The predicted molar refractivity (Wildman–Crippen MR) is 112 cm³/mol. The number of carbonyl (C=O) groups is 1. The molecular formula is C24H22N2O2. The van der Waals surface area contributed by atoms with E-state index in [4.69, 9.17) is 4.42 Å². The second-order valence-electron chi connectivity index (χ2n) is 7.14. The fraction of sp³-hybridized carbons (Fsp3) is 0.167. The van der Waals surface area contributed by atoms with E-state index in [9.17, 15) is 4.79 Å². The average molecular weight is 370 g/mol. The van der Waals surface area contributed by atoms with E-state index in [0.717, 1.165) is 44.6 Å². The van der Waals surface area contributed by atoms with Gasteiger partial charge in [-0.15, -0.1) is 0 Å². The summed E-state index contributed by atoms with van der Waals surface area (Å²) in [6.45, 7) is 6.05. The largest absolute Gasteiger partial charge is 0.436 e. The van der Waals surface area contributed by atoms with Crippen LogP contribution in [0.4, 0.5) is 5.69 Å². The van der Waals surface area contributed by atoms with Gasteiger partial charge in [-0.25, -0.2) is 4.98 Å². The minimum Gasteiger partial charge on any atom is -0.436 e. The Bertz CT molecular complexity index is 1160. The van der Waals surface area contributed by atoms with Crippen molar-refractivity contribution in [2.45, 2.75) is 27.2 Å². The molecule has 0 spiro atoms. The van der Waals surface area contributed by atoms with Gasteiger partial charge in [-0.1, -0.05) is 42.5 Å². The standard InChI is InChI=1S/C24H22N2O2/c1-15-12-16(2)23-21(13-15)26-24(28-23)19-10-7-11-20(17(19)3)25-22(27)14-18-8-5-4-6-9-18/h4-13H,14H2,1-3H3,(H,25,27). The molecule has 28 heavy (non-hydrogen) atoms. The normalized spacial score (nSPS) is 11.0. The second kappa shape index (κ2) is 7.31. The number of oxazole rings is 1. The maximum Gasteiger partial charge on any atom is 0.228 e. The van der Waals surface area contributed by atoms with E-state index in [2.05, 4.69) is 23.3 Å². The zero-order chi connectivity index (χ0) is 19.7. The number of amides is 1. The number of hydrogen-bond donors (Lipinski definition) is 1. The highest BCUT2D eigenvalue weighted by Crippen LogP contribution is 2.32. The van der Waals surface area contributed by atoms with Crippen LogP contribution in [0.15, 0.2) is 65.1 Å². The van der Waals surface area contributed by atoms with E-state index in [1.807, 2.05) is 68.4 Å². The van der Waals surface area contributed by atoms with Crippen LogP contribution < -0.4 is 5.32 Å². The highest BCUT2D eigenvalue weighted by molar-refractivity contribution is 5.94. The monoisotopic (exact) mass is 370 g/mol. The van der Waals surface area contributed by atoms with Crippen molar-refractivity contribution in [3.05, 3.63) is 82.9 Å². The topological polar surface area (TPSA) is 55.1 Å². The fourth-order valence-corrected chi connectivity index (χ4v) is 3.47. The Morgan fingerprint density at radius 2 is 1.79 bits per heavy atom. The Balaban J connectivity index is 1.63. The van der Waals surface area contributed by atoms with Gasteiger partial charge in [0, 0.05) is 11.3 Å². The van der Waals surface area contributed by atoms with Crippen LogP contribution in [0.3, 0.4) is 0 Å². The van der Waals surface area contributed by atoms with E-state index in [-0.39, 0.29) is 5.91 Å². The Labute approximate surface area is 164 Å². The molecule has 4 aromatic rings. The first-order valence-electron chi connectivity index (χ1n) is 9.33. The summed E-state index contributed by atoms with van der Waals surface area (Å²) >= 11 is 0. The molecule has 0 bridgehead atoms. The fourth-order valence-electron chi connectivity index (χ4n) is 3.47. The zero-order valence-electron chi connectivity index (χ0n) is 16.2. The van der Waals surface area contributed by atoms with Crippen LogP contribution in [0, 0.1) is 20.8 Å². The van der Waals surface area contributed by atoms with Crippen LogP contribution in [0.25, 0.3) is 22.6 Å². The third-order valence-electron chi connectivity index (χ3n) is 4.87. The van der Waals surface area contributed by atoms with Gasteiger partial charge < -0.3 is 9.73 Å². The zero-order valence-corrected chi connectivity index (χ0v) is 16.2. The smallest absolute Gasteiger partial charge is 0.228 e. The molecule has 0 aliphatic rings. The number of aryl methyl sites for hydroxylation is 2. The number of carbonyl (C=O) groups excluding carboxylic acids is 1. The molecule has 3 aromatic carbocycles. The van der Waals surface area contributed by atoms with Crippen LogP contribution in [0.1, 0.15) is 22.3 Å². The lowest BCUT2D eigenvalue weighted by Crippen LogP contribution is -2.15. The molecule has 140 valence electrons. The molecule has 0 aliphatic carbocycles. The Hall–Kier alpha value is -3.40. The first kappa shape index (κ1) is 18.0. The van der Waals surface area contributed by atoms with Crippen LogP contribution in [0.5, 0.6) is 0 Å². The maximum absolute atomic E-state index is 12.5. The quantitative estimate of drug-likeness (QED) is 0.509. The lowest BCUT2D eigenvalue weighted by molar-refractivity contribution is -0.115. The number of nitrogens with zero attached hydrogens (tertiary/aromatic N) is 1. The molecule has 0 atom stereocenters. The third-order valence-corrected chi connectivity index (χ3v) is 4.87. The van der Waals surface area contributed by atoms with E-state index in [1.165, 1.54) is 0 Å². The summed E-state index contributed by atoms with van der Waals surface area (Å²) in [6.07, 6.45) is 0.339. The SMILES string of the molecule is Cc1cc(C)c2oc(-c3cccc(NC(=O)Cc4ccccc4)c3C)nc2c1. The van der Waals surface area contributed by atoms with Crippen molar-refractivity contribution in [2.75, 3.05) is 5.32 Å². The number of nitrogens with one attached hydrogen (secondary N) is 1. The van der Waals surface area contributed by atoms with Crippen molar-refractivity contribution in [3.63, 3.8) is 0 Å². The highest BCUT2D eigenvalue weighted by atomic mass is 16.3. The first-order valence-corrected chi connectivity index (χ1v) is 9.33. The minimum atomic E-state index is -0.0458. The number of benzene rings is 3. The van der Waals surface area contributed by atoms with Gasteiger partial charge in [-0.05, 0) is 61.2 Å². The lowest BCUT2D eigenvalue weighted by atomic mass is 10.1. The highest BCUT2D eigenvalue weighted by Gasteiger charge is 2.15. The molecule has 1 aromatic heterocycles.